The first-order valence-corrected chi connectivity index (χ1v) is 8.92. The topological polar surface area (TPSA) is 78.9 Å². The lowest BCUT2D eigenvalue weighted by Crippen LogP contribution is -2.45. The van der Waals surface area contributed by atoms with Gasteiger partial charge in [-0.1, -0.05) is 6.92 Å². The van der Waals surface area contributed by atoms with Crippen molar-refractivity contribution in [3.05, 3.63) is 0 Å². The van der Waals surface area contributed by atoms with Crippen LogP contribution in [0.3, 0.4) is 0 Å². The molecule has 6 atom stereocenters. The minimum absolute atomic E-state index is 0.241. The summed E-state index contributed by atoms with van der Waals surface area (Å²) in [5.74, 6) is -7.26. The summed E-state index contributed by atoms with van der Waals surface area (Å²) >= 11 is 0. The molecule has 0 aromatic rings. The van der Waals surface area contributed by atoms with Crippen LogP contribution >= 0.6 is 0 Å². The van der Waals surface area contributed by atoms with E-state index in [1.165, 1.54) is 0 Å². The number of rotatable bonds is 6. The lowest BCUT2D eigenvalue weighted by molar-refractivity contribution is -0.175. The van der Waals surface area contributed by atoms with E-state index in [4.69, 9.17) is 14.2 Å². The van der Waals surface area contributed by atoms with Gasteiger partial charge in [-0.25, -0.2) is 8.78 Å². The molecule has 2 bridgehead atoms. The number of carbonyl (C=O) groups is 3. The van der Waals surface area contributed by atoms with E-state index >= 15 is 0 Å². The Labute approximate surface area is 150 Å². The monoisotopic (exact) mass is 374 g/mol. The van der Waals surface area contributed by atoms with Gasteiger partial charge in [-0.15, -0.1) is 0 Å². The van der Waals surface area contributed by atoms with Gasteiger partial charge in [0.1, 0.15) is 12.2 Å². The molecular weight excluding hydrogens is 350 g/mol. The zero-order valence-corrected chi connectivity index (χ0v) is 15.3. The van der Waals surface area contributed by atoms with Crippen LogP contribution in [-0.2, 0) is 28.6 Å². The lowest BCUT2D eigenvalue weighted by Gasteiger charge is -2.32. The van der Waals surface area contributed by atoms with Crippen molar-refractivity contribution < 1.29 is 37.4 Å². The number of ether oxygens (including phenoxy) is 3. The predicted octanol–water partition coefficient (Wildman–Crippen LogP) is 2.34. The number of alkyl halides is 2. The van der Waals surface area contributed by atoms with Gasteiger partial charge in [0.2, 0.25) is 0 Å². The highest BCUT2D eigenvalue weighted by Crippen LogP contribution is 2.59. The SMILES string of the molecule is CCC(C)(C)C(=O)OC1C2CC3C1OC(=O)C3C2C(=O)OCC(C)(F)F. The summed E-state index contributed by atoms with van der Waals surface area (Å²) in [6.45, 7) is 4.97. The molecule has 1 heterocycles. The first-order valence-electron chi connectivity index (χ1n) is 8.92. The molecule has 146 valence electrons. The molecule has 26 heavy (non-hydrogen) atoms. The second-order valence-corrected chi connectivity index (χ2v) is 8.30. The molecule has 3 aliphatic rings. The predicted molar refractivity (Wildman–Crippen MR) is 84.0 cm³/mol. The summed E-state index contributed by atoms with van der Waals surface area (Å²) in [5.41, 5.74) is -0.704. The summed E-state index contributed by atoms with van der Waals surface area (Å²) in [6, 6.07) is 0. The average Bonchev–Trinajstić information content (AvgIpc) is 3.15. The molecule has 6 nitrogen and oxygen atoms in total. The van der Waals surface area contributed by atoms with Crippen LogP contribution in [0.2, 0.25) is 0 Å². The molecule has 8 heteroatoms. The lowest BCUT2D eigenvalue weighted by atomic mass is 9.78. The second-order valence-electron chi connectivity index (χ2n) is 8.30. The van der Waals surface area contributed by atoms with Gasteiger partial charge < -0.3 is 14.2 Å². The van der Waals surface area contributed by atoms with Crippen LogP contribution in [-0.4, -0.2) is 42.6 Å². The zero-order chi connectivity index (χ0) is 19.4. The molecule has 0 radical (unpaired) electrons. The van der Waals surface area contributed by atoms with E-state index in [2.05, 4.69) is 0 Å². The Morgan fingerprint density at radius 1 is 1.23 bits per heavy atom. The van der Waals surface area contributed by atoms with E-state index in [1.54, 1.807) is 13.8 Å². The van der Waals surface area contributed by atoms with Crippen LogP contribution in [0.15, 0.2) is 0 Å². The van der Waals surface area contributed by atoms with Gasteiger partial charge in [-0.05, 0) is 26.7 Å². The van der Waals surface area contributed by atoms with Crippen molar-refractivity contribution >= 4 is 17.9 Å². The van der Waals surface area contributed by atoms with E-state index < -0.39 is 65.8 Å². The van der Waals surface area contributed by atoms with Crippen molar-refractivity contribution in [3.8, 4) is 0 Å². The smallest absolute Gasteiger partial charge is 0.311 e. The van der Waals surface area contributed by atoms with Gasteiger partial charge in [-0.3, -0.25) is 14.4 Å². The minimum Gasteiger partial charge on any atom is -0.459 e. The molecule has 2 saturated carbocycles. The molecule has 0 N–H and O–H groups in total. The van der Waals surface area contributed by atoms with E-state index in [0.29, 0.717) is 19.8 Å². The van der Waals surface area contributed by atoms with Crippen molar-refractivity contribution in [2.24, 2.45) is 29.1 Å². The standard InChI is InChI=1S/C18H24F2O6/c1-5-17(2,3)16(23)26-13-8-6-9-11(15(22)25-12(9)13)10(8)14(21)24-7-18(4,19)20/h8-13H,5-7H2,1-4H3. The van der Waals surface area contributed by atoms with Gasteiger partial charge in [0.25, 0.3) is 5.92 Å². The molecule has 2 aliphatic carbocycles. The maximum absolute atomic E-state index is 13.0. The maximum atomic E-state index is 13.0. The third kappa shape index (κ3) is 3.07. The number of hydrogen-bond donors (Lipinski definition) is 0. The zero-order valence-electron chi connectivity index (χ0n) is 15.3. The molecule has 0 aromatic carbocycles. The van der Waals surface area contributed by atoms with Crippen molar-refractivity contribution in [1.82, 2.24) is 0 Å². The van der Waals surface area contributed by atoms with Crippen LogP contribution < -0.4 is 0 Å². The molecule has 3 rings (SSSR count). The molecule has 1 saturated heterocycles. The molecule has 0 aromatic heterocycles. The van der Waals surface area contributed by atoms with Crippen molar-refractivity contribution in [1.29, 1.82) is 0 Å². The molecule has 0 amide bonds. The van der Waals surface area contributed by atoms with E-state index in [9.17, 15) is 23.2 Å². The summed E-state index contributed by atoms with van der Waals surface area (Å²) in [7, 11) is 0. The van der Waals surface area contributed by atoms with Gasteiger partial charge in [0.15, 0.2) is 6.61 Å². The Kier molecular flexibility index (Phi) is 4.51. The summed E-state index contributed by atoms with van der Waals surface area (Å²) < 4.78 is 41.7. The number of esters is 3. The minimum atomic E-state index is -3.15. The van der Waals surface area contributed by atoms with E-state index in [1.807, 2.05) is 6.92 Å². The number of fused-ring (bicyclic) bond motifs is 1. The van der Waals surface area contributed by atoms with Crippen LogP contribution in [0.1, 0.15) is 40.5 Å². The second kappa shape index (κ2) is 6.16. The highest BCUT2D eigenvalue weighted by atomic mass is 19.3. The van der Waals surface area contributed by atoms with Gasteiger partial charge in [0, 0.05) is 18.8 Å². The van der Waals surface area contributed by atoms with Crippen molar-refractivity contribution in [2.45, 2.75) is 58.7 Å². The van der Waals surface area contributed by atoms with Gasteiger partial charge in [0.05, 0.1) is 17.3 Å². The Bertz CT molecular complexity index is 626. The first kappa shape index (κ1) is 19.0. The third-order valence-electron chi connectivity index (χ3n) is 5.97. The Hall–Kier alpha value is -1.73. The molecule has 0 spiro atoms. The molecule has 1 aliphatic heterocycles. The summed E-state index contributed by atoms with van der Waals surface area (Å²) in [6.07, 6.45) is -0.253. The molecule has 6 unspecified atom stereocenters. The van der Waals surface area contributed by atoms with Crippen LogP contribution in [0.4, 0.5) is 8.78 Å². The first-order chi connectivity index (χ1) is 12.0. The quantitative estimate of drug-likeness (QED) is 0.525. The Morgan fingerprint density at radius 3 is 2.46 bits per heavy atom. The Balaban J connectivity index is 1.77. The van der Waals surface area contributed by atoms with Crippen molar-refractivity contribution in [3.63, 3.8) is 0 Å². The van der Waals surface area contributed by atoms with Crippen LogP contribution in [0.25, 0.3) is 0 Å². The Morgan fingerprint density at radius 2 is 1.88 bits per heavy atom. The fourth-order valence-corrected chi connectivity index (χ4v) is 4.19. The van der Waals surface area contributed by atoms with Gasteiger partial charge >= 0.3 is 17.9 Å². The summed E-state index contributed by atoms with van der Waals surface area (Å²) in [4.78, 5) is 37.0. The number of carbonyl (C=O) groups excluding carboxylic acids is 3. The third-order valence-corrected chi connectivity index (χ3v) is 5.97. The molecule has 3 fully saturated rings. The highest BCUT2D eigenvalue weighted by Gasteiger charge is 2.70. The largest absolute Gasteiger partial charge is 0.459 e. The normalized spacial score (nSPS) is 35.4. The average molecular weight is 374 g/mol. The molecular formula is C18H24F2O6. The van der Waals surface area contributed by atoms with Crippen molar-refractivity contribution in [2.75, 3.05) is 6.61 Å². The van der Waals surface area contributed by atoms with Crippen LogP contribution in [0, 0.1) is 29.1 Å². The van der Waals surface area contributed by atoms with E-state index in [-0.39, 0.29) is 5.92 Å². The summed E-state index contributed by atoms with van der Waals surface area (Å²) in [5, 5.41) is 0. The van der Waals surface area contributed by atoms with Crippen LogP contribution in [0.5, 0.6) is 0 Å². The highest BCUT2D eigenvalue weighted by molar-refractivity contribution is 5.86. The maximum Gasteiger partial charge on any atom is 0.311 e. The number of hydrogen-bond acceptors (Lipinski definition) is 6. The van der Waals surface area contributed by atoms with Gasteiger partial charge in [-0.2, -0.15) is 0 Å². The fraction of sp³-hybridized carbons (Fsp3) is 0.833. The van der Waals surface area contributed by atoms with E-state index in [0.717, 1.165) is 0 Å². The number of halogens is 2. The fourth-order valence-electron chi connectivity index (χ4n) is 4.19.